The normalized spacial score (nSPS) is 12.0. The van der Waals surface area contributed by atoms with Crippen LogP contribution < -0.4 is 10.1 Å². The van der Waals surface area contributed by atoms with E-state index in [1.54, 1.807) is 24.3 Å². The summed E-state index contributed by atoms with van der Waals surface area (Å²) in [5, 5.41) is 2.82. The first-order valence-electron chi connectivity index (χ1n) is 6.74. The van der Waals surface area contributed by atoms with Gasteiger partial charge >= 0.3 is 6.61 Å². The van der Waals surface area contributed by atoms with Crippen LogP contribution in [-0.2, 0) is 0 Å². The van der Waals surface area contributed by atoms with Gasteiger partial charge in [-0.2, -0.15) is 8.78 Å². The summed E-state index contributed by atoms with van der Waals surface area (Å²) in [5.74, 6) is -0.159. The number of aromatic nitrogens is 1. The molecule has 0 saturated carbocycles. The first-order chi connectivity index (χ1) is 10.5. The number of carbonyl (C=O) groups excluding carboxylic acids is 1. The zero-order valence-corrected chi connectivity index (χ0v) is 12.2. The summed E-state index contributed by atoms with van der Waals surface area (Å²) in [6, 6.07) is 9.34. The van der Waals surface area contributed by atoms with Crippen LogP contribution in [0.15, 0.2) is 42.6 Å². The number of hydrogen-bond donors (Lipinski definition) is 1. The summed E-state index contributed by atoms with van der Waals surface area (Å²) in [4.78, 5) is 16.1. The van der Waals surface area contributed by atoms with Crippen molar-refractivity contribution in [3.8, 4) is 5.75 Å². The standard InChI is InChI=1S/C16H16F2N2O2/c1-10-3-4-13(9-19-10)15(21)20-11(2)12-5-7-14(8-6-12)22-16(17)18/h3-9,11,16H,1-2H3,(H,20,21). The molecule has 0 bridgehead atoms. The van der Waals surface area contributed by atoms with Crippen LogP contribution in [0.3, 0.4) is 0 Å². The average Bonchev–Trinajstić information content (AvgIpc) is 2.48. The molecule has 1 aromatic heterocycles. The molecule has 2 aromatic rings. The van der Waals surface area contributed by atoms with E-state index in [9.17, 15) is 13.6 Å². The van der Waals surface area contributed by atoms with E-state index in [4.69, 9.17) is 0 Å². The topological polar surface area (TPSA) is 51.2 Å². The fourth-order valence-corrected chi connectivity index (χ4v) is 1.90. The molecular weight excluding hydrogens is 290 g/mol. The highest BCUT2D eigenvalue weighted by atomic mass is 19.3. The lowest BCUT2D eigenvalue weighted by atomic mass is 10.1. The minimum absolute atomic E-state index is 0.0833. The molecule has 0 aliphatic carbocycles. The Morgan fingerprint density at radius 3 is 2.41 bits per heavy atom. The fraction of sp³-hybridized carbons (Fsp3) is 0.250. The van der Waals surface area contributed by atoms with Crippen molar-refractivity contribution in [1.29, 1.82) is 0 Å². The predicted octanol–water partition coefficient (Wildman–Crippen LogP) is 3.48. The van der Waals surface area contributed by atoms with Crippen LogP contribution in [0.2, 0.25) is 0 Å². The third-order valence-electron chi connectivity index (χ3n) is 3.13. The largest absolute Gasteiger partial charge is 0.435 e. The van der Waals surface area contributed by atoms with E-state index in [0.29, 0.717) is 5.56 Å². The lowest BCUT2D eigenvalue weighted by molar-refractivity contribution is -0.0498. The highest BCUT2D eigenvalue weighted by molar-refractivity contribution is 5.94. The van der Waals surface area contributed by atoms with Crippen LogP contribution in [0.4, 0.5) is 8.78 Å². The van der Waals surface area contributed by atoms with E-state index in [-0.39, 0.29) is 17.7 Å². The van der Waals surface area contributed by atoms with Crippen LogP contribution in [0.25, 0.3) is 0 Å². The van der Waals surface area contributed by atoms with Crippen molar-refractivity contribution in [3.05, 3.63) is 59.4 Å². The molecule has 1 amide bonds. The molecule has 1 unspecified atom stereocenters. The molecule has 1 heterocycles. The van der Waals surface area contributed by atoms with Gasteiger partial charge in [-0.15, -0.1) is 0 Å². The maximum atomic E-state index is 12.1. The highest BCUT2D eigenvalue weighted by Crippen LogP contribution is 2.19. The molecule has 6 heteroatoms. The van der Waals surface area contributed by atoms with Crippen molar-refractivity contribution >= 4 is 5.91 Å². The average molecular weight is 306 g/mol. The van der Waals surface area contributed by atoms with Crippen molar-refractivity contribution in [1.82, 2.24) is 10.3 Å². The smallest absolute Gasteiger partial charge is 0.387 e. The maximum absolute atomic E-state index is 12.1. The minimum Gasteiger partial charge on any atom is -0.435 e. The lowest BCUT2D eigenvalue weighted by Gasteiger charge is -2.15. The summed E-state index contributed by atoms with van der Waals surface area (Å²) in [6.45, 7) is 0.799. The molecule has 0 saturated heterocycles. The maximum Gasteiger partial charge on any atom is 0.387 e. The van der Waals surface area contributed by atoms with Crippen LogP contribution in [0.5, 0.6) is 5.75 Å². The lowest BCUT2D eigenvalue weighted by Crippen LogP contribution is -2.26. The van der Waals surface area contributed by atoms with Crippen molar-refractivity contribution in [3.63, 3.8) is 0 Å². The Bertz CT molecular complexity index is 628. The van der Waals surface area contributed by atoms with Crippen LogP contribution in [0, 0.1) is 6.92 Å². The third-order valence-corrected chi connectivity index (χ3v) is 3.13. The second-order valence-electron chi connectivity index (χ2n) is 4.83. The van der Waals surface area contributed by atoms with Gasteiger partial charge in [0.1, 0.15) is 5.75 Å². The van der Waals surface area contributed by atoms with Gasteiger partial charge < -0.3 is 10.1 Å². The fourth-order valence-electron chi connectivity index (χ4n) is 1.90. The van der Waals surface area contributed by atoms with Gasteiger partial charge in [0, 0.05) is 11.9 Å². The molecule has 1 N–H and O–H groups in total. The number of carbonyl (C=O) groups is 1. The van der Waals surface area contributed by atoms with E-state index in [2.05, 4.69) is 15.0 Å². The Labute approximate surface area is 127 Å². The zero-order valence-electron chi connectivity index (χ0n) is 12.2. The summed E-state index contributed by atoms with van der Waals surface area (Å²) in [7, 11) is 0. The Morgan fingerprint density at radius 1 is 1.18 bits per heavy atom. The van der Waals surface area contributed by atoms with Gasteiger partial charge in [-0.3, -0.25) is 9.78 Å². The number of nitrogens with zero attached hydrogens (tertiary/aromatic N) is 1. The molecule has 0 aliphatic heterocycles. The molecule has 116 valence electrons. The number of hydrogen-bond acceptors (Lipinski definition) is 3. The van der Waals surface area contributed by atoms with E-state index in [1.165, 1.54) is 18.3 Å². The van der Waals surface area contributed by atoms with Crippen LogP contribution in [0.1, 0.15) is 34.6 Å². The molecular formula is C16H16F2N2O2. The monoisotopic (exact) mass is 306 g/mol. The van der Waals surface area contributed by atoms with Crippen LogP contribution in [-0.4, -0.2) is 17.5 Å². The first-order valence-corrected chi connectivity index (χ1v) is 6.74. The van der Waals surface area contributed by atoms with Crippen molar-refractivity contribution in [2.45, 2.75) is 26.5 Å². The quantitative estimate of drug-likeness (QED) is 0.920. The van der Waals surface area contributed by atoms with E-state index >= 15 is 0 Å². The summed E-state index contributed by atoms with van der Waals surface area (Å²) in [5.41, 5.74) is 2.09. The summed E-state index contributed by atoms with van der Waals surface area (Å²) >= 11 is 0. The van der Waals surface area contributed by atoms with Gasteiger partial charge in [-0.25, -0.2) is 0 Å². The third kappa shape index (κ3) is 4.25. The molecule has 1 aromatic carbocycles. The van der Waals surface area contributed by atoms with E-state index < -0.39 is 6.61 Å². The number of nitrogens with one attached hydrogen (secondary N) is 1. The summed E-state index contributed by atoms with van der Waals surface area (Å²) < 4.78 is 28.4. The Kier molecular flexibility index (Phi) is 5.04. The van der Waals surface area contributed by atoms with Gasteiger partial charge in [-0.1, -0.05) is 12.1 Å². The second-order valence-corrected chi connectivity index (χ2v) is 4.83. The van der Waals surface area contributed by atoms with Crippen molar-refractivity contribution < 1.29 is 18.3 Å². The van der Waals surface area contributed by atoms with Crippen molar-refractivity contribution in [2.75, 3.05) is 0 Å². The minimum atomic E-state index is -2.85. The number of rotatable bonds is 5. The zero-order chi connectivity index (χ0) is 16.1. The van der Waals surface area contributed by atoms with Gasteiger partial charge in [0.15, 0.2) is 0 Å². The predicted molar refractivity (Wildman–Crippen MR) is 77.9 cm³/mol. The molecule has 0 spiro atoms. The molecule has 22 heavy (non-hydrogen) atoms. The second kappa shape index (κ2) is 6.98. The van der Waals surface area contributed by atoms with Gasteiger partial charge in [0.25, 0.3) is 5.91 Å². The van der Waals surface area contributed by atoms with E-state index in [0.717, 1.165) is 11.3 Å². The molecule has 0 aliphatic rings. The van der Waals surface area contributed by atoms with Crippen molar-refractivity contribution in [2.24, 2.45) is 0 Å². The van der Waals surface area contributed by atoms with Gasteiger partial charge in [0.2, 0.25) is 0 Å². The molecule has 0 fully saturated rings. The number of amides is 1. The Morgan fingerprint density at radius 2 is 1.86 bits per heavy atom. The number of benzene rings is 1. The first kappa shape index (κ1) is 15.9. The number of aryl methyl sites for hydroxylation is 1. The van der Waals surface area contributed by atoms with Gasteiger partial charge in [-0.05, 0) is 43.7 Å². The molecule has 4 nitrogen and oxygen atoms in total. The summed E-state index contributed by atoms with van der Waals surface area (Å²) in [6.07, 6.45) is 1.51. The van der Waals surface area contributed by atoms with E-state index in [1.807, 2.05) is 13.8 Å². The van der Waals surface area contributed by atoms with Gasteiger partial charge in [0.05, 0.1) is 11.6 Å². The number of pyridine rings is 1. The molecule has 0 radical (unpaired) electrons. The highest BCUT2D eigenvalue weighted by Gasteiger charge is 2.12. The Balaban J connectivity index is 2.00. The van der Waals surface area contributed by atoms with Crippen LogP contribution >= 0.6 is 0 Å². The molecule has 1 atom stereocenters. The number of ether oxygens (including phenoxy) is 1. The number of alkyl halides is 2. The Hall–Kier alpha value is -2.50. The molecule has 2 rings (SSSR count). The SMILES string of the molecule is Cc1ccc(C(=O)NC(C)c2ccc(OC(F)F)cc2)cn1. The number of halogens is 2.